The fourth-order valence-corrected chi connectivity index (χ4v) is 10.3. The molecule has 0 aromatic heterocycles. The fraction of sp³-hybridized carbons (Fsp3) is 0.775. The lowest BCUT2D eigenvalue weighted by molar-refractivity contribution is -0.870. The third-order valence-electron chi connectivity index (χ3n) is 14.8. The molecule has 0 aromatic rings. The van der Waals surface area contributed by atoms with E-state index in [1.165, 1.54) is 193 Å². The van der Waals surface area contributed by atoms with Crippen molar-refractivity contribution < 1.29 is 37.3 Å². The first kappa shape index (κ1) is 78.2. The minimum absolute atomic E-state index is 0.0375. The van der Waals surface area contributed by atoms with Gasteiger partial charge in [-0.1, -0.05) is 286 Å². The molecule has 0 rings (SSSR count). The van der Waals surface area contributed by atoms with E-state index in [0.717, 1.165) is 70.6 Å². The molecule has 0 aliphatic carbocycles. The molecule has 3 atom stereocenters. The summed E-state index contributed by atoms with van der Waals surface area (Å²) >= 11 is 0. The number of amides is 1. The van der Waals surface area contributed by atoms with Crippen LogP contribution in [0.2, 0.25) is 0 Å². The van der Waals surface area contributed by atoms with Gasteiger partial charge in [0.25, 0.3) is 7.82 Å². The van der Waals surface area contributed by atoms with Crippen LogP contribution >= 0.6 is 7.82 Å². The van der Waals surface area contributed by atoms with Crippen LogP contribution in [0.15, 0.2) is 85.1 Å². The number of likely N-dealkylation sites (N-methyl/N-ethyl adjacent to an activating group) is 1. The van der Waals surface area contributed by atoms with Gasteiger partial charge in [0.15, 0.2) is 0 Å². The van der Waals surface area contributed by atoms with Gasteiger partial charge in [-0.3, -0.25) is 14.2 Å². The molecule has 3 unspecified atom stereocenters. The van der Waals surface area contributed by atoms with Gasteiger partial charge < -0.3 is 28.5 Å². The number of nitrogens with zero attached hydrogens (tertiary/aromatic N) is 1. The summed E-state index contributed by atoms with van der Waals surface area (Å²) in [4.78, 5) is 40.0. The lowest BCUT2D eigenvalue weighted by atomic mass is 10.0. The number of quaternary nitrogens is 1. The lowest BCUT2D eigenvalue weighted by Gasteiger charge is -2.30. The van der Waals surface area contributed by atoms with E-state index < -0.39 is 26.6 Å². The van der Waals surface area contributed by atoms with Crippen molar-refractivity contribution in [1.82, 2.24) is 5.32 Å². The Balaban J connectivity index is 5.09. The first-order valence-corrected chi connectivity index (χ1v) is 35.4. The maximum atomic E-state index is 13.5. The fourth-order valence-electron chi connectivity index (χ4n) is 9.62. The van der Waals surface area contributed by atoms with Crippen molar-refractivity contribution in [3.05, 3.63) is 85.1 Å². The van der Waals surface area contributed by atoms with Crippen LogP contribution < -0.4 is 10.2 Å². The Morgan fingerprint density at radius 1 is 0.444 bits per heavy atom. The predicted molar refractivity (Wildman–Crippen MR) is 348 cm³/mol. The standard InChI is InChI=1S/C71H129N2O7P/c1-7-10-13-16-19-22-25-28-30-32-33-34-35-36-37-38-39-40-41-42-44-46-49-52-55-58-61-64-71(75)80-69(62-59-56-53-50-47-27-24-21-18-15-12-9-3)68(67-79-81(76,77)78-66-65-73(4,5)6)72-70(74)63-60-57-54-51-48-45-43-31-29-26-23-20-17-14-11-8-2/h11,14,20,23,28-31,45,48,54,57,59,62,68-69H,7-10,12-13,15-19,21-22,24-27,32-44,46-47,49-53,55-56,58,60-61,63-67H2,1-6H3,(H-,72,74,76,77)/b14-11+,23-20+,30-28+,31-29+,48-45+,57-54+,62-59-. The molecule has 1 amide bonds. The number of unbranched alkanes of at least 4 members (excludes halogenated alkanes) is 33. The molecule has 0 radical (unpaired) electrons. The van der Waals surface area contributed by atoms with E-state index in [1.807, 2.05) is 45.4 Å². The van der Waals surface area contributed by atoms with E-state index in [9.17, 15) is 19.0 Å². The van der Waals surface area contributed by atoms with Gasteiger partial charge in [-0.25, -0.2) is 0 Å². The Bertz CT molecular complexity index is 1660. The van der Waals surface area contributed by atoms with Gasteiger partial charge in [0.1, 0.15) is 19.3 Å². The maximum Gasteiger partial charge on any atom is 0.306 e. The number of phosphoric acid groups is 1. The van der Waals surface area contributed by atoms with Crippen LogP contribution in [0.4, 0.5) is 0 Å². The maximum absolute atomic E-state index is 13.5. The van der Waals surface area contributed by atoms with E-state index in [2.05, 4.69) is 86.8 Å². The molecule has 1 N–H and O–H groups in total. The number of nitrogens with one attached hydrogen (secondary N) is 1. The summed E-state index contributed by atoms with van der Waals surface area (Å²) < 4.78 is 30.3. The highest BCUT2D eigenvalue weighted by molar-refractivity contribution is 7.45. The topological polar surface area (TPSA) is 114 Å². The first-order chi connectivity index (χ1) is 39.4. The van der Waals surface area contributed by atoms with Gasteiger partial charge in [0.05, 0.1) is 33.8 Å². The summed E-state index contributed by atoms with van der Waals surface area (Å²) in [6.45, 7) is 6.68. The second kappa shape index (κ2) is 60.3. The Morgan fingerprint density at radius 3 is 1.21 bits per heavy atom. The van der Waals surface area contributed by atoms with Crippen LogP contribution in [0.3, 0.4) is 0 Å². The van der Waals surface area contributed by atoms with Crippen molar-refractivity contribution in [2.45, 2.75) is 315 Å². The molecule has 81 heavy (non-hydrogen) atoms. The van der Waals surface area contributed by atoms with Gasteiger partial charge >= 0.3 is 5.97 Å². The molecule has 0 spiro atoms. The highest BCUT2D eigenvalue weighted by Gasteiger charge is 2.27. The number of hydrogen-bond donors (Lipinski definition) is 1. The number of carbonyl (C=O) groups is 2. The summed E-state index contributed by atoms with van der Waals surface area (Å²) in [5.41, 5.74) is 0. The van der Waals surface area contributed by atoms with E-state index >= 15 is 0 Å². The SMILES string of the molecule is CC/C=C/C/C=C/C/C=C/C/C=C/C/C=C/CCC(=O)NC(COP(=O)([O-])OCC[N+](C)(C)C)C(/C=C\CCCCCCCCCCCC)OC(=O)CCCCCCCCCCCCCCCCCCC/C=C/CCCCCCCC. The van der Waals surface area contributed by atoms with Crippen LogP contribution in [0, 0.1) is 0 Å². The van der Waals surface area contributed by atoms with Crippen molar-refractivity contribution in [1.29, 1.82) is 0 Å². The molecule has 9 nitrogen and oxygen atoms in total. The van der Waals surface area contributed by atoms with Crippen molar-refractivity contribution in [2.24, 2.45) is 0 Å². The van der Waals surface area contributed by atoms with Crippen molar-refractivity contribution >= 4 is 19.7 Å². The lowest BCUT2D eigenvalue weighted by Crippen LogP contribution is -2.47. The zero-order valence-corrected chi connectivity index (χ0v) is 54.6. The van der Waals surface area contributed by atoms with Crippen LogP contribution in [-0.4, -0.2) is 69.4 Å². The van der Waals surface area contributed by atoms with Crippen LogP contribution in [0.1, 0.15) is 303 Å². The third kappa shape index (κ3) is 61.6. The van der Waals surface area contributed by atoms with Crippen LogP contribution in [0.25, 0.3) is 0 Å². The molecule has 0 saturated heterocycles. The average molecular weight is 1150 g/mol. The minimum atomic E-state index is -4.72. The van der Waals surface area contributed by atoms with E-state index in [1.54, 1.807) is 0 Å². The van der Waals surface area contributed by atoms with Gasteiger partial charge in [-0.15, -0.1) is 0 Å². The summed E-state index contributed by atoms with van der Waals surface area (Å²) in [5, 5.41) is 2.98. The van der Waals surface area contributed by atoms with E-state index in [0.29, 0.717) is 17.4 Å². The highest BCUT2D eigenvalue weighted by atomic mass is 31.2. The Hall–Kier alpha value is -2.81. The number of carbonyl (C=O) groups excluding carboxylic acids is 2. The molecule has 0 aliphatic rings. The predicted octanol–water partition coefficient (Wildman–Crippen LogP) is 20.7. The number of esters is 1. The summed E-state index contributed by atoms with van der Waals surface area (Å²) in [6, 6.07) is -0.931. The first-order valence-electron chi connectivity index (χ1n) is 33.9. The second-order valence-corrected chi connectivity index (χ2v) is 25.4. The number of phosphoric ester groups is 1. The molecule has 0 fully saturated rings. The Kier molecular flexibility index (Phi) is 58.2. The van der Waals surface area contributed by atoms with Crippen molar-refractivity contribution in [2.75, 3.05) is 40.9 Å². The number of rotatable bonds is 61. The van der Waals surface area contributed by atoms with Crippen molar-refractivity contribution in [3.63, 3.8) is 0 Å². The highest BCUT2D eigenvalue weighted by Crippen LogP contribution is 2.38. The zero-order chi connectivity index (χ0) is 59.3. The van der Waals surface area contributed by atoms with E-state index in [4.69, 9.17) is 13.8 Å². The van der Waals surface area contributed by atoms with Gasteiger partial charge in [-0.05, 0) is 89.5 Å². The smallest absolute Gasteiger partial charge is 0.306 e. The molecule has 0 aromatic carbocycles. The Labute approximate surface area is 501 Å². The second-order valence-electron chi connectivity index (χ2n) is 23.9. The third-order valence-corrected chi connectivity index (χ3v) is 15.8. The molecule has 0 bridgehead atoms. The van der Waals surface area contributed by atoms with Gasteiger partial charge in [0, 0.05) is 12.8 Å². The number of hydrogen-bond acceptors (Lipinski definition) is 7. The van der Waals surface area contributed by atoms with Gasteiger partial charge in [-0.2, -0.15) is 0 Å². The zero-order valence-electron chi connectivity index (χ0n) is 53.7. The summed E-state index contributed by atoms with van der Waals surface area (Å²) in [6.07, 6.45) is 80.2. The molecular weight excluding hydrogens is 1020 g/mol. The van der Waals surface area contributed by atoms with Crippen molar-refractivity contribution in [3.8, 4) is 0 Å². The van der Waals surface area contributed by atoms with E-state index in [-0.39, 0.29) is 31.3 Å². The van der Waals surface area contributed by atoms with Gasteiger partial charge in [0.2, 0.25) is 5.91 Å². The van der Waals surface area contributed by atoms with Crippen LogP contribution in [0.5, 0.6) is 0 Å². The van der Waals surface area contributed by atoms with Crippen LogP contribution in [-0.2, 0) is 27.9 Å². The normalized spacial score (nSPS) is 14.1. The monoisotopic (exact) mass is 1150 g/mol. The molecule has 10 heteroatoms. The molecule has 0 saturated carbocycles. The number of ether oxygens (including phenoxy) is 1. The largest absolute Gasteiger partial charge is 0.756 e. The minimum Gasteiger partial charge on any atom is -0.756 e. The quantitative estimate of drug-likeness (QED) is 0.0212. The Morgan fingerprint density at radius 2 is 0.802 bits per heavy atom. The molecular formula is C71H129N2O7P. The summed E-state index contributed by atoms with van der Waals surface area (Å²) in [7, 11) is 1.14. The average Bonchev–Trinajstić information content (AvgIpc) is 3.44. The molecule has 470 valence electrons. The molecule has 0 aliphatic heterocycles. The molecule has 0 heterocycles. The number of allylic oxidation sites excluding steroid dienone is 13. The summed E-state index contributed by atoms with van der Waals surface area (Å²) in [5.74, 6) is -0.632.